The van der Waals surface area contributed by atoms with E-state index in [1.807, 2.05) is 96.0 Å². The third-order valence-corrected chi connectivity index (χ3v) is 8.64. The number of rotatable bonds is 7. The molecule has 2 aromatic carbocycles. The first-order chi connectivity index (χ1) is 20.0. The number of para-hydroxylation sites is 1. The van der Waals surface area contributed by atoms with Crippen LogP contribution in [0.4, 0.5) is 0 Å². The summed E-state index contributed by atoms with van der Waals surface area (Å²) in [6, 6.07) is 20.8. The Morgan fingerprint density at radius 1 is 1.07 bits per heavy atom. The fourth-order valence-electron chi connectivity index (χ4n) is 4.86. The molecule has 0 aliphatic carbocycles. The molecule has 5 aromatic rings. The van der Waals surface area contributed by atoms with E-state index in [9.17, 15) is 9.59 Å². The molecule has 8 nitrogen and oxygen atoms in total. The van der Waals surface area contributed by atoms with Crippen LogP contribution in [-0.2, 0) is 9.53 Å². The average Bonchev–Trinajstić information content (AvgIpc) is 3.74. The summed E-state index contributed by atoms with van der Waals surface area (Å²) < 4.78 is 14.6. The Kier molecular flexibility index (Phi) is 7.25. The number of ether oxygens (including phenoxy) is 2. The number of thiophene rings is 1. The van der Waals surface area contributed by atoms with Crippen LogP contribution < -0.4 is 19.6 Å². The molecular weight excluding hydrogens is 556 g/mol. The Bertz CT molecular complexity index is 1930. The number of carbonyl (C=O) groups excluding carboxylic acids is 1. The lowest BCUT2D eigenvalue weighted by Gasteiger charge is -2.22. The summed E-state index contributed by atoms with van der Waals surface area (Å²) in [5.74, 6) is 0.278. The van der Waals surface area contributed by atoms with Crippen LogP contribution in [0.15, 0.2) is 99.4 Å². The van der Waals surface area contributed by atoms with Gasteiger partial charge in [0, 0.05) is 22.2 Å². The van der Waals surface area contributed by atoms with Gasteiger partial charge in [0.15, 0.2) is 4.80 Å². The molecule has 0 unspecified atom stereocenters. The standard InChI is InChI=1S/C31H26N4O4S2/c1-4-39-23-14-12-20(13-15-23)27-21(18-34(33-27)22-9-6-5-7-10-22)17-25-29(36)35-28(24-11-8-16-40-24)26(30(37)38-3)19(2)32-31(35)41-25/h5-18,28H,4H2,1-3H3/b25-17-/t28-/m0/s1. The lowest BCUT2D eigenvalue weighted by molar-refractivity contribution is -0.136. The lowest BCUT2D eigenvalue weighted by atomic mass is 10.0. The van der Waals surface area contributed by atoms with Crippen LogP contribution in [0.25, 0.3) is 23.0 Å². The summed E-state index contributed by atoms with van der Waals surface area (Å²) in [5, 5.41) is 6.82. The number of hydrogen-bond acceptors (Lipinski definition) is 8. The number of esters is 1. The Labute approximate surface area is 243 Å². The number of fused-ring (bicyclic) bond motifs is 1. The second kappa shape index (κ2) is 11.1. The summed E-state index contributed by atoms with van der Waals surface area (Å²) in [6.07, 6.45) is 3.77. The molecule has 0 spiro atoms. The first-order valence-electron chi connectivity index (χ1n) is 13.0. The lowest BCUT2D eigenvalue weighted by Crippen LogP contribution is -2.39. The van der Waals surface area contributed by atoms with Crippen molar-refractivity contribution in [2.24, 2.45) is 4.99 Å². The summed E-state index contributed by atoms with van der Waals surface area (Å²) >= 11 is 2.77. The molecule has 41 heavy (non-hydrogen) atoms. The van der Waals surface area contributed by atoms with Gasteiger partial charge in [0.05, 0.1) is 35.2 Å². The van der Waals surface area contributed by atoms with E-state index < -0.39 is 12.0 Å². The zero-order valence-electron chi connectivity index (χ0n) is 22.6. The van der Waals surface area contributed by atoms with E-state index in [2.05, 4.69) is 4.99 Å². The van der Waals surface area contributed by atoms with Crippen molar-refractivity contribution in [2.45, 2.75) is 19.9 Å². The zero-order valence-corrected chi connectivity index (χ0v) is 24.2. The number of hydrogen-bond donors (Lipinski definition) is 0. The molecule has 3 aromatic heterocycles. The van der Waals surface area contributed by atoms with E-state index in [0.29, 0.717) is 27.2 Å². The van der Waals surface area contributed by atoms with Crippen LogP contribution in [0.2, 0.25) is 0 Å². The molecule has 1 aliphatic rings. The molecular formula is C31H26N4O4S2. The Balaban J connectivity index is 1.54. The van der Waals surface area contributed by atoms with Crippen molar-refractivity contribution in [3.8, 4) is 22.7 Å². The number of methoxy groups -OCH3 is 1. The van der Waals surface area contributed by atoms with Crippen molar-refractivity contribution in [3.05, 3.63) is 120 Å². The van der Waals surface area contributed by atoms with E-state index in [4.69, 9.17) is 14.6 Å². The molecule has 0 radical (unpaired) electrons. The number of thiazole rings is 1. The maximum Gasteiger partial charge on any atom is 0.338 e. The zero-order chi connectivity index (χ0) is 28.5. The van der Waals surface area contributed by atoms with E-state index in [1.54, 1.807) is 11.5 Å². The fraction of sp³-hybridized carbons (Fsp3) is 0.161. The quantitative estimate of drug-likeness (QED) is 0.259. The first kappa shape index (κ1) is 26.7. The molecule has 0 saturated carbocycles. The summed E-state index contributed by atoms with van der Waals surface area (Å²) in [5.41, 5.74) is 3.96. The molecule has 0 bridgehead atoms. The minimum atomic E-state index is -0.613. The number of aromatic nitrogens is 3. The van der Waals surface area contributed by atoms with Crippen LogP contribution in [0, 0.1) is 0 Å². The van der Waals surface area contributed by atoms with Gasteiger partial charge in [-0.25, -0.2) is 14.5 Å². The summed E-state index contributed by atoms with van der Waals surface area (Å²) in [4.78, 5) is 32.9. The molecule has 6 rings (SSSR count). The van der Waals surface area contributed by atoms with Gasteiger partial charge in [0.25, 0.3) is 5.56 Å². The number of nitrogens with zero attached hydrogens (tertiary/aromatic N) is 4. The molecule has 0 saturated heterocycles. The first-order valence-corrected chi connectivity index (χ1v) is 14.7. The van der Waals surface area contributed by atoms with E-state index in [-0.39, 0.29) is 5.56 Å². The van der Waals surface area contributed by atoms with Crippen molar-refractivity contribution in [1.29, 1.82) is 0 Å². The fourth-order valence-corrected chi connectivity index (χ4v) is 6.72. The second-order valence-corrected chi connectivity index (χ2v) is 11.2. The minimum absolute atomic E-state index is 0.230. The van der Waals surface area contributed by atoms with Crippen molar-refractivity contribution in [2.75, 3.05) is 13.7 Å². The average molecular weight is 583 g/mol. The Morgan fingerprint density at radius 3 is 2.54 bits per heavy atom. The highest BCUT2D eigenvalue weighted by Crippen LogP contribution is 2.33. The molecule has 206 valence electrons. The van der Waals surface area contributed by atoms with Gasteiger partial charge in [0.1, 0.15) is 17.5 Å². The van der Waals surface area contributed by atoms with Gasteiger partial charge in [0.2, 0.25) is 0 Å². The molecule has 10 heteroatoms. The van der Waals surface area contributed by atoms with Gasteiger partial charge < -0.3 is 9.47 Å². The van der Waals surface area contributed by atoms with Crippen molar-refractivity contribution in [3.63, 3.8) is 0 Å². The van der Waals surface area contributed by atoms with Crippen LogP contribution >= 0.6 is 22.7 Å². The SMILES string of the molecule is CCOc1ccc(-c2nn(-c3ccccc3)cc2/C=c2\sc3n(c2=O)[C@@H](c2cccs2)C(C(=O)OC)=C(C)N=3)cc1. The van der Waals surface area contributed by atoms with Crippen LogP contribution in [-0.4, -0.2) is 34.0 Å². The highest BCUT2D eigenvalue weighted by Gasteiger charge is 2.33. The second-order valence-electron chi connectivity index (χ2n) is 9.26. The topological polar surface area (TPSA) is 87.7 Å². The molecule has 0 amide bonds. The van der Waals surface area contributed by atoms with Gasteiger partial charge in [-0.05, 0) is 67.8 Å². The minimum Gasteiger partial charge on any atom is -0.494 e. The Morgan fingerprint density at radius 2 is 1.85 bits per heavy atom. The number of carbonyl (C=O) groups is 1. The molecule has 0 fully saturated rings. The molecule has 4 heterocycles. The normalized spacial score (nSPS) is 15.0. The van der Waals surface area contributed by atoms with E-state index in [1.165, 1.54) is 29.8 Å². The summed E-state index contributed by atoms with van der Waals surface area (Å²) in [7, 11) is 1.34. The number of benzene rings is 2. The smallest absolute Gasteiger partial charge is 0.338 e. The highest BCUT2D eigenvalue weighted by atomic mass is 32.1. The summed E-state index contributed by atoms with van der Waals surface area (Å²) in [6.45, 7) is 4.30. The van der Waals surface area contributed by atoms with Gasteiger partial charge in [-0.15, -0.1) is 11.3 Å². The van der Waals surface area contributed by atoms with Crippen molar-refractivity contribution < 1.29 is 14.3 Å². The highest BCUT2D eigenvalue weighted by molar-refractivity contribution is 7.10. The molecule has 1 aliphatic heterocycles. The van der Waals surface area contributed by atoms with Crippen LogP contribution in [0.5, 0.6) is 5.75 Å². The monoisotopic (exact) mass is 582 g/mol. The van der Waals surface area contributed by atoms with Crippen molar-refractivity contribution in [1.82, 2.24) is 14.3 Å². The van der Waals surface area contributed by atoms with Crippen LogP contribution in [0.3, 0.4) is 0 Å². The van der Waals surface area contributed by atoms with Gasteiger partial charge in [-0.3, -0.25) is 9.36 Å². The van der Waals surface area contributed by atoms with Gasteiger partial charge in [-0.1, -0.05) is 35.6 Å². The molecule has 0 N–H and O–H groups in total. The third kappa shape index (κ3) is 4.96. The number of allylic oxidation sites excluding steroid dienone is 1. The third-order valence-electron chi connectivity index (χ3n) is 6.73. The predicted octanol–water partition coefficient (Wildman–Crippen LogP) is 4.72. The predicted molar refractivity (Wildman–Crippen MR) is 160 cm³/mol. The maximum absolute atomic E-state index is 14.0. The van der Waals surface area contributed by atoms with Gasteiger partial charge in [-0.2, -0.15) is 5.10 Å². The maximum atomic E-state index is 14.0. The van der Waals surface area contributed by atoms with Crippen LogP contribution in [0.1, 0.15) is 30.3 Å². The van der Waals surface area contributed by atoms with Crippen molar-refractivity contribution >= 4 is 34.7 Å². The van der Waals surface area contributed by atoms with E-state index in [0.717, 1.165) is 33.1 Å². The van der Waals surface area contributed by atoms with E-state index >= 15 is 0 Å². The largest absolute Gasteiger partial charge is 0.494 e. The Hall–Kier alpha value is -4.54. The van der Waals surface area contributed by atoms with Gasteiger partial charge >= 0.3 is 5.97 Å². The molecule has 1 atom stereocenters.